The molecule has 1 heterocycles. The van der Waals surface area contributed by atoms with Crippen LogP contribution in [0.25, 0.3) is 0 Å². The minimum atomic E-state index is -0.526. The summed E-state index contributed by atoms with van der Waals surface area (Å²) in [5.41, 5.74) is 2.48. The van der Waals surface area contributed by atoms with E-state index in [9.17, 15) is 9.59 Å². The first-order valence-electron chi connectivity index (χ1n) is 7.94. The lowest BCUT2D eigenvalue weighted by atomic mass is 10.0. The Morgan fingerprint density at radius 1 is 1.09 bits per heavy atom. The molecule has 1 aliphatic rings. The molecule has 1 unspecified atom stereocenters. The van der Waals surface area contributed by atoms with Gasteiger partial charge in [-0.25, -0.2) is 0 Å². The Hall–Kier alpha value is -2.62. The molecule has 0 aliphatic carbocycles. The number of nitrogens with one attached hydrogen (secondary N) is 1. The van der Waals surface area contributed by atoms with Crippen molar-refractivity contribution in [1.29, 1.82) is 0 Å². The number of amides is 2. The van der Waals surface area contributed by atoms with Crippen molar-refractivity contribution in [3.8, 4) is 0 Å². The van der Waals surface area contributed by atoms with E-state index in [1.807, 2.05) is 55.5 Å². The second-order valence-corrected chi connectivity index (χ2v) is 5.69. The number of carbonyl (C=O) groups excluding carboxylic acids is 2. The highest BCUT2D eigenvalue weighted by atomic mass is 16.2. The first-order valence-corrected chi connectivity index (χ1v) is 7.94. The van der Waals surface area contributed by atoms with Crippen LogP contribution in [0.5, 0.6) is 0 Å². The smallest absolute Gasteiger partial charge is 0.255 e. The van der Waals surface area contributed by atoms with E-state index >= 15 is 0 Å². The molecule has 2 amide bonds. The number of nitrogens with zero attached hydrogens (tertiary/aromatic N) is 1. The molecule has 0 spiro atoms. The Kier molecular flexibility index (Phi) is 4.42. The van der Waals surface area contributed by atoms with Crippen molar-refractivity contribution in [3.63, 3.8) is 0 Å². The number of carbonyl (C=O) groups is 2. The van der Waals surface area contributed by atoms with E-state index in [-0.39, 0.29) is 11.8 Å². The summed E-state index contributed by atoms with van der Waals surface area (Å²) in [6.07, 6.45) is 0.822. The zero-order chi connectivity index (χ0) is 16.2. The number of fused-ring (bicyclic) bond motifs is 1. The molecule has 3 rings (SSSR count). The summed E-state index contributed by atoms with van der Waals surface area (Å²) in [4.78, 5) is 26.9. The van der Waals surface area contributed by atoms with Gasteiger partial charge in [-0.05, 0) is 23.6 Å². The number of rotatable bonds is 5. The lowest BCUT2D eigenvalue weighted by Gasteiger charge is -2.24. The second kappa shape index (κ2) is 6.65. The Morgan fingerprint density at radius 2 is 1.78 bits per heavy atom. The maximum atomic E-state index is 12.7. The number of hydrogen-bond donors (Lipinski definition) is 1. The van der Waals surface area contributed by atoms with Gasteiger partial charge in [0.05, 0.1) is 0 Å². The van der Waals surface area contributed by atoms with Crippen LogP contribution in [-0.2, 0) is 11.3 Å². The first kappa shape index (κ1) is 15.3. The second-order valence-electron chi connectivity index (χ2n) is 5.69. The Labute approximate surface area is 136 Å². The Morgan fingerprint density at radius 3 is 2.52 bits per heavy atom. The topological polar surface area (TPSA) is 49.4 Å². The summed E-state index contributed by atoms with van der Waals surface area (Å²) in [5.74, 6) is -0.178. The summed E-state index contributed by atoms with van der Waals surface area (Å²) in [6.45, 7) is 3.05. The van der Waals surface area contributed by atoms with Gasteiger partial charge in [0.1, 0.15) is 6.04 Å². The summed E-state index contributed by atoms with van der Waals surface area (Å²) in [7, 11) is 0. The van der Waals surface area contributed by atoms with Crippen LogP contribution in [0.2, 0.25) is 0 Å². The van der Waals surface area contributed by atoms with Gasteiger partial charge >= 0.3 is 0 Å². The predicted octanol–water partition coefficient (Wildman–Crippen LogP) is 2.91. The van der Waals surface area contributed by atoms with Gasteiger partial charge in [-0.1, -0.05) is 55.5 Å². The maximum absolute atomic E-state index is 12.7. The van der Waals surface area contributed by atoms with E-state index in [0.29, 0.717) is 18.7 Å². The van der Waals surface area contributed by atoms with E-state index < -0.39 is 6.04 Å². The first-order chi connectivity index (χ1) is 11.2. The summed E-state index contributed by atoms with van der Waals surface area (Å²) in [5, 5.41) is 2.96. The molecule has 4 heteroatoms. The van der Waals surface area contributed by atoms with E-state index in [1.165, 1.54) is 0 Å². The van der Waals surface area contributed by atoms with Crippen LogP contribution < -0.4 is 5.32 Å². The Bertz CT molecular complexity index is 712. The summed E-state index contributed by atoms with van der Waals surface area (Å²) >= 11 is 0. The lowest BCUT2D eigenvalue weighted by molar-refractivity contribution is -0.125. The zero-order valence-electron chi connectivity index (χ0n) is 13.2. The zero-order valence-corrected chi connectivity index (χ0v) is 13.2. The van der Waals surface area contributed by atoms with Crippen LogP contribution in [0.1, 0.15) is 40.9 Å². The fourth-order valence-corrected chi connectivity index (χ4v) is 3.01. The average molecular weight is 308 g/mol. The van der Waals surface area contributed by atoms with Gasteiger partial charge in [0, 0.05) is 18.7 Å². The molecule has 1 aliphatic heterocycles. The predicted molar refractivity (Wildman–Crippen MR) is 88.8 cm³/mol. The molecule has 118 valence electrons. The molecule has 1 atom stereocenters. The van der Waals surface area contributed by atoms with Crippen LogP contribution in [0.3, 0.4) is 0 Å². The monoisotopic (exact) mass is 308 g/mol. The largest absolute Gasteiger partial charge is 0.350 e. The van der Waals surface area contributed by atoms with Crippen LogP contribution in [-0.4, -0.2) is 23.3 Å². The SMILES string of the molecule is CCCN1C(=O)c2ccccc2C1C(=O)NCc1ccccc1. The molecule has 2 aromatic carbocycles. The van der Waals surface area contributed by atoms with Crippen molar-refractivity contribution in [2.24, 2.45) is 0 Å². The highest BCUT2D eigenvalue weighted by molar-refractivity contribution is 6.04. The van der Waals surface area contributed by atoms with Crippen molar-refractivity contribution in [2.75, 3.05) is 6.54 Å². The average Bonchev–Trinajstić information content (AvgIpc) is 2.87. The third kappa shape index (κ3) is 2.97. The van der Waals surface area contributed by atoms with Gasteiger partial charge in [0.25, 0.3) is 5.91 Å². The van der Waals surface area contributed by atoms with Crippen molar-refractivity contribution in [2.45, 2.75) is 25.9 Å². The van der Waals surface area contributed by atoms with Crippen LogP contribution in [0, 0.1) is 0 Å². The molecule has 4 nitrogen and oxygen atoms in total. The molecule has 1 N–H and O–H groups in total. The molecule has 0 bridgehead atoms. The molecule has 0 saturated heterocycles. The standard InChI is InChI=1S/C19H20N2O2/c1-2-12-21-17(15-10-6-7-11-16(15)19(21)23)18(22)20-13-14-8-4-3-5-9-14/h3-11,17H,2,12-13H2,1H3,(H,20,22). The van der Waals surface area contributed by atoms with E-state index in [1.54, 1.807) is 11.0 Å². The van der Waals surface area contributed by atoms with Gasteiger partial charge in [-0.15, -0.1) is 0 Å². The fraction of sp³-hybridized carbons (Fsp3) is 0.263. The third-order valence-electron chi connectivity index (χ3n) is 4.08. The van der Waals surface area contributed by atoms with Crippen LogP contribution in [0.15, 0.2) is 54.6 Å². The van der Waals surface area contributed by atoms with E-state index in [0.717, 1.165) is 17.5 Å². The van der Waals surface area contributed by atoms with Gasteiger partial charge < -0.3 is 10.2 Å². The summed E-state index contributed by atoms with van der Waals surface area (Å²) < 4.78 is 0. The van der Waals surface area contributed by atoms with Crippen LogP contribution >= 0.6 is 0 Å². The molecule has 0 fully saturated rings. The fourth-order valence-electron chi connectivity index (χ4n) is 3.01. The highest BCUT2D eigenvalue weighted by Crippen LogP contribution is 2.33. The molecule has 0 aromatic heterocycles. The lowest BCUT2D eigenvalue weighted by Crippen LogP contribution is -2.39. The van der Waals surface area contributed by atoms with Gasteiger partial charge in [-0.2, -0.15) is 0 Å². The van der Waals surface area contributed by atoms with Gasteiger partial charge in [0.2, 0.25) is 5.91 Å². The molecule has 2 aromatic rings. The third-order valence-corrected chi connectivity index (χ3v) is 4.08. The number of hydrogen-bond acceptors (Lipinski definition) is 2. The van der Waals surface area contributed by atoms with Crippen molar-refractivity contribution in [3.05, 3.63) is 71.3 Å². The normalized spacial score (nSPS) is 16.3. The van der Waals surface area contributed by atoms with Gasteiger partial charge in [-0.3, -0.25) is 9.59 Å². The molecule has 0 saturated carbocycles. The Balaban J connectivity index is 1.81. The quantitative estimate of drug-likeness (QED) is 0.923. The molecular weight excluding hydrogens is 288 g/mol. The molecular formula is C19H20N2O2. The molecule has 0 radical (unpaired) electrons. The van der Waals surface area contributed by atoms with Crippen molar-refractivity contribution < 1.29 is 9.59 Å². The van der Waals surface area contributed by atoms with Gasteiger partial charge in [0.15, 0.2) is 0 Å². The van der Waals surface area contributed by atoms with E-state index in [4.69, 9.17) is 0 Å². The van der Waals surface area contributed by atoms with Crippen molar-refractivity contribution in [1.82, 2.24) is 10.2 Å². The highest BCUT2D eigenvalue weighted by Gasteiger charge is 2.40. The molecule has 23 heavy (non-hydrogen) atoms. The summed E-state index contributed by atoms with van der Waals surface area (Å²) in [6, 6.07) is 16.6. The minimum absolute atomic E-state index is 0.0534. The number of benzene rings is 2. The maximum Gasteiger partial charge on any atom is 0.255 e. The van der Waals surface area contributed by atoms with E-state index in [2.05, 4.69) is 5.32 Å². The van der Waals surface area contributed by atoms with Crippen molar-refractivity contribution >= 4 is 11.8 Å². The van der Waals surface area contributed by atoms with Crippen LogP contribution in [0.4, 0.5) is 0 Å². The minimum Gasteiger partial charge on any atom is -0.350 e.